The van der Waals surface area contributed by atoms with E-state index in [9.17, 15) is 24.0 Å². The molecule has 0 aliphatic heterocycles. The first-order valence-electron chi connectivity index (χ1n) is 25.2. The Morgan fingerprint density at radius 3 is 1.09 bits per heavy atom. The molecule has 2 aromatic heterocycles. The fourth-order valence-corrected chi connectivity index (χ4v) is 6.51. The third-order valence-electron chi connectivity index (χ3n) is 11.4. The molecule has 0 radical (unpaired) electrons. The molecule has 4 atom stereocenters. The average Bonchev–Trinajstić information content (AvgIpc) is 4.11. The first-order chi connectivity index (χ1) is 36.1. The number of esters is 3. The number of primary amides is 1. The lowest BCUT2D eigenvalue weighted by Gasteiger charge is -2.18. The number of rotatable bonds is 24. The maximum absolute atomic E-state index is 12.0. The monoisotopic (exact) mass is 1060 g/mol. The van der Waals surface area contributed by atoms with Crippen molar-refractivity contribution in [1.82, 2.24) is 30.4 Å². The second-order valence-electron chi connectivity index (χ2n) is 19.0. The number of carboxylic acid groups (broad SMARTS) is 2. The zero-order chi connectivity index (χ0) is 57.4. The van der Waals surface area contributed by atoms with E-state index in [0.717, 1.165) is 48.8 Å². The number of aliphatic carboxylic acids is 2. The van der Waals surface area contributed by atoms with Crippen molar-refractivity contribution in [2.75, 3.05) is 7.11 Å². The lowest BCUT2D eigenvalue weighted by Crippen LogP contribution is -2.29. The highest BCUT2D eigenvalue weighted by molar-refractivity contribution is 5.76. The Morgan fingerprint density at radius 1 is 0.500 bits per heavy atom. The molecular weight excluding hydrogens is 977 g/mol. The molecule has 5 aromatic rings. The molecule has 2 heterocycles. The van der Waals surface area contributed by atoms with E-state index in [0.29, 0.717) is 31.3 Å². The number of carbonyl (C=O) groups excluding carboxylic acids is 4. The molecule has 0 unspecified atom stereocenters. The molecular formula is C56H84N8O12. The van der Waals surface area contributed by atoms with Crippen LogP contribution < -0.4 is 11.5 Å². The highest BCUT2D eigenvalue weighted by Gasteiger charge is 2.23. The second-order valence-corrected chi connectivity index (χ2v) is 19.0. The van der Waals surface area contributed by atoms with Crippen LogP contribution in [0.5, 0.6) is 0 Å². The van der Waals surface area contributed by atoms with Crippen LogP contribution in [0.15, 0.2) is 104 Å². The minimum Gasteiger partial charge on any atom is -0.481 e. The van der Waals surface area contributed by atoms with Gasteiger partial charge in [0.15, 0.2) is 0 Å². The van der Waals surface area contributed by atoms with Gasteiger partial charge in [0.1, 0.15) is 44.1 Å². The highest BCUT2D eigenvalue weighted by Crippen LogP contribution is 2.22. The number of nitrogens with one attached hydrogen (secondary N) is 2. The summed E-state index contributed by atoms with van der Waals surface area (Å²) in [5.74, 6) is -0.0380. The number of carboxylic acids is 2. The predicted octanol–water partition coefficient (Wildman–Crippen LogP) is 7.92. The summed E-state index contributed by atoms with van der Waals surface area (Å²) in [6.45, 7) is 18.1. The molecule has 76 heavy (non-hydrogen) atoms. The van der Waals surface area contributed by atoms with Gasteiger partial charge in [-0.2, -0.15) is 10.2 Å². The van der Waals surface area contributed by atoms with Gasteiger partial charge < -0.3 is 41.0 Å². The first kappa shape index (κ1) is 68.7. The minimum absolute atomic E-state index is 0.00188. The van der Waals surface area contributed by atoms with E-state index in [-0.39, 0.29) is 98.3 Å². The van der Waals surface area contributed by atoms with Crippen molar-refractivity contribution in [3.63, 3.8) is 0 Å². The Labute approximate surface area is 448 Å². The number of aliphatic hydroxyl groups excluding tert-OH is 1. The molecule has 20 heteroatoms. The molecule has 1 amide bonds. The molecule has 0 spiro atoms. The fourth-order valence-electron chi connectivity index (χ4n) is 6.51. The number of benzene rings is 3. The van der Waals surface area contributed by atoms with Gasteiger partial charge in [0.25, 0.3) is 5.97 Å². The van der Waals surface area contributed by atoms with Crippen LogP contribution in [0, 0.1) is 41.4 Å². The number of carbonyl (C=O) groups is 6. The van der Waals surface area contributed by atoms with E-state index in [2.05, 4.69) is 58.1 Å². The molecule has 9 N–H and O–H groups in total. The van der Waals surface area contributed by atoms with Gasteiger partial charge in [-0.3, -0.25) is 39.0 Å². The van der Waals surface area contributed by atoms with Crippen molar-refractivity contribution in [3.05, 3.63) is 132 Å². The van der Waals surface area contributed by atoms with Crippen molar-refractivity contribution in [2.45, 2.75) is 133 Å². The van der Waals surface area contributed by atoms with Crippen LogP contribution in [-0.2, 0) is 75.6 Å². The van der Waals surface area contributed by atoms with Crippen LogP contribution >= 0.6 is 0 Å². The van der Waals surface area contributed by atoms with Gasteiger partial charge in [-0.15, -0.1) is 0 Å². The van der Waals surface area contributed by atoms with Gasteiger partial charge in [0.2, 0.25) is 5.91 Å². The SMILES string of the molecule is CC(=O)O.CC(C)[C@@H](CC(=O)O)CC(=O)OCc1ccccc1.CC(C)[C@@H](CC(N)=O)CC(=O)OCc1ccccc1.CC(C)[C@H](CC(=O)OCc1ccccc1)Cc1ncn[nH]1.CC(C)[C@H](N)Cc1ncn[nH]1.CO. The number of nitrogens with zero attached hydrogens (tertiary/aromatic N) is 4. The third-order valence-corrected chi connectivity index (χ3v) is 11.4. The van der Waals surface area contributed by atoms with Crippen LogP contribution in [0.2, 0.25) is 0 Å². The number of aromatic nitrogens is 6. The Kier molecular flexibility index (Phi) is 37.0. The van der Waals surface area contributed by atoms with Gasteiger partial charge >= 0.3 is 23.9 Å². The third kappa shape index (κ3) is 35.8. The number of aliphatic hydroxyl groups is 1. The first-order valence-corrected chi connectivity index (χ1v) is 25.2. The molecule has 420 valence electrons. The highest BCUT2D eigenvalue weighted by atomic mass is 16.5. The fraction of sp³-hybridized carbons (Fsp3) is 0.500. The van der Waals surface area contributed by atoms with Gasteiger partial charge in [-0.1, -0.05) is 146 Å². The Morgan fingerprint density at radius 2 is 0.816 bits per heavy atom. The molecule has 0 fully saturated rings. The largest absolute Gasteiger partial charge is 0.481 e. The molecule has 0 bridgehead atoms. The Balaban J connectivity index is 0.000000968. The van der Waals surface area contributed by atoms with E-state index in [1.54, 1.807) is 0 Å². The maximum atomic E-state index is 12.0. The van der Waals surface area contributed by atoms with Crippen LogP contribution in [0.1, 0.15) is 123 Å². The number of hydrogen-bond acceptors (Lipinski definition) is 15. The number of hydrogen-bond donors (Lipinski definition) is 7. The Hall–Kier alpha value is -7.32. The van der Waals surface area contributed by atoms with Gasteiger partial charge in [0, 0.05) is 65.0 Å². The van der Waals surface area contributed by atoms with Gasteiger partial charge in [-0.05, 0) is 58.1 Å². The smallest absolute Gasteiger partial charge is 0.306 e. The number of amides is 1. The normalized spacial score (nSPS) is 11.9. The molecule has 0 aliphatic rings. The molecule has 5 rings (SSSR count). The van der Waals surface area contributed by atoms with Crippen LogP contribution in [0.3, 0.4) is 0 Å². The summed E-state index contributed by atoms with van der Waals surface area (Å²) < 4.78 is 15.7. The van der Waals surface area contributed by atoms with Crippen LogP contribution in [0.25, 0.3) is 0 Å². The Bertz CT molecular complexity index is 2200. The van der Waals surface area contributed by atoms with Crippen LogP contribution in [-0.4, -0.2) is 94.6 Å². The van der Waals surface area contributed by atoms with Gasteiger partial charge in [-0.25, -0.2) is 9.97 Å². The standard InChI is InChI=1S/C16H21N3O2.C15H21NO3.C15H20O4.C7H14N4.C2H4O2.CH4O/c1-12(2)14(8-15-17-11-18-19-15)9-16(20)21-10-13-6-4-3-5-7-13;2*1-11(2)13(8-14(16)17)9-15(18)19-10-12-6-4-3-5-7-12;1-5(2)6(8)3-7-9-4-10-11-7;1-2(3)4;1-2/h3-7,11-12,14H,8-10H2,1-2H3,(H,17,18,19);3-7,11,13H,8-10H2,1-2H3,(H2,16,17);3-7,11,13H,8-10H2,1-2H3,(H,16,17);4-6H,3,8H2,1-2H3,(H,9,10,11);1H3,(H,3,4);2H,1H3/t14-;2*13-;6-;;/m0001../s1. The zero-order valence-corrected chi connectivity index (χ0v) is 46.0. The number of nitrogens with two attached hydrogens (primary N) is 2. The van der Waals surface area contributed by atoms with Crippen LogP contribution in [0.4, 0.5) is 0 Å². The van der Waals surface area contributed by atoms with E-state index in [1.807, 2.05) is 119 Å². The van der Waals surface area contributed by atoms with E-state index in [4.69, 9.17) is 45.8 Å². The summed E-state index contributed by atoms with van der Waals surface area (Å²) in [4.78, 5) is 74.2. The van der Waals surface area contributed by atoms with Gasteiger partial charge in [0.05, 0.1) is 0 Å². The quantitative estimate of drug-likeness (QED) is 0.0228. The summed E-state index contributed by atoms with van der Waals surface area (Å²) in [7, 11) is 1.00. The van der Waals surface area contributed by atoms with E-state index < -0.39 is 11.9 Å². The lowest BCUT2D eigenvalue weighted by molar-refractivity contribution is -0.148. The molecule has 0 saturated carbocycles. The lowest BCUT2D eigenvalue weighted by atomic mass is 9.89. The summed E-state index contributed by atoms with van der Waals surface area (Å²) in [6.07, 6.45) is 5.46. The zero-order valence-electron chi connectivity index (χ0n) is 46.0. The van der Waals surface area contributed by atoms with Crippen molar-refractivity contribution in [1.29, 1.82) is 0 Å². The maximum Gasteiger partial charge on any atom is 0.306 e. The van der Waals surface area contributed by atoms with Crippen molar-refractivity contribution < 1.29 is 58.3 Å². The summed E-state index contributed by atoms with van der Waals surface area (Å²) in [6, 6.07) is 28.8. The second kappa shape index (κ2) is 41.0. The summed E-state index contributed by atoms with van der Waals surface area (Å²) in [5, 5.41) is 36.4. The van der Waals surface area contributed by atoms with Crippen molar-refractivity contribution in [3.8, 4) is 0 Å². The summed E-state index contributed by atoms with van der Waals surface area (Å²) in [5.41, 5.74) is 13.9. The molecule has 3 aromatic carbocycles. The van der Waals surface area contributed by atoms with E-state index in [1.165, 1.54) is 12.7 Å². The topological polar surface area (TPSA) is 326 Å². The predicted molar refractivity (Wildman–Crippen MR) is 288 cm³/mol. The summed E-state index contributed by atoms with van der Waals surface area (Å²) >= 11 is 0. The number of H-pyrrole nitrogens is 2. The average molecular weight is 1060 g/mol. The minimum atomic E-state index is -0.880. The molecule has 0 aliphatic carbocycles. The van der Waals surface area contributed by atoms with E-state index >= 15 is 0 Å². The van der Waals surface area contributed by atoms with Crippen molar-refractivity contribution >= 4 is 35.8 Å². The number of ether oxygens (including phenoxy) is 3. The molecule has 0 saturated heterocycles. The molecule has 20 nitrogen and oxygen atoms in total. The number of aromatic amines is 2. The van der Waals surface area contributed by atoms with Crippen molar-refractivity contribution in [2.24, 2.45) is 52.9 Å².